The number of hydrogen-bond acceptors (Lipinski definition) is 3. The molecule has 1 aromatic rings. The number of rotatable bonds is 1. The van der Waals surface area contributed by atoms with Crippen molar-refractivity contribution in [3.8, 4) is 5.75 Å². The fraction of sp³-hybridized carbons (Fsp3) is 0.273. The lowest BCUT2D eigenvalue weighted by Gasteiger charge is -2.33. The molecule has 2 rings (SSSR count). The topological polar surface area (TPSA) is 69.6 Å². The van der Waals surface area contributed by atoms with Gasteiger partial charge in [0.05, 0.1) is 8.95 Å². The lowest BCUT2D eigenvalue weighted by molar-refractivity contribution is -0.120. The first-order valence-electron chi connectivity index (χ1n) is 5.21. The first-order chi connectivity index (χ1) is 8.40. The van der Waals surface area contributed by atoms with E-state index < -0.39 is 6.03 Å². The highest BCUT2D eigenvalue weighted by Crippen LogP contribution is 2.37. The van der Waals surface area contributed by atoms with Gasteiger partial charge in [-0.1, -0.05) is 0 Å². The zero-order valence-electron chi connectivity index (χ0n) is 9.41. The van der Waals surface area contributed by atoms with Crippen LogP contribution in [0.25, 0.3) is 0 Å². The molecule has 0 aromatic heterocycles. The predicted molar refractivity (Wildman–Crippen MR) is 73.6 cm³/mol. The standard InChI is InChI=1S/C11H10Br2N2O3/c1-5-2-9(16)14-11(18)15(5)6-3-7(12)10(17)8(13)4-6/h3-5,17H,2H2,1H3,(H,14,16,18)/t5-/m0/s1. The van der Waals surface area contributed by atoms with Gasteiger partial charge >= 0.3 is 6.03 Å². The molecule has 3 amide bonds. The van der Waals surface area contributed by atoms with E-state index in [2.05, 4.69) is 37.2 Å². The number of nitrogens with zero attached hydrogens (tertiary/aromatic N) is 1. The Hall–Kier alpha value is -1.08. The second kappa shape index (κ2) is 4.89. The van der Waals surface area contributed by atoms with E-state index in [4.69, 9.17) is 0 Å². The number of hydrogen-bond donors (Lipinski definition) is 2. The van der Waals surface area contributed by atoms with Crippen LogP contribution in [0.2, 0.25) is 0 Å². The molecule has 1 heterocycles. The first kappa shape index (κ1) is 13.4. The van der Waals surface area contributed by atoms with Crippen molar-refractivity contribution in [2.75, 3.05) is 4.90 Å². The quantitative estimate of drug-likeness (QED) is 0.790. The Labute approximate surface area is 120 Å². The highest BCUT2D eigenvalue weighted by Gasteiger charge is 2.31. The van der Waals surface area contributed by atoms with Crippen molar-refractivity contribution in [2.45, 2.75) is 19.4 Å². The summed E-state index contributed by atoms with van der Waals surface area (Å²) in [4.78, 5) is 24.5. The normalized spacial score (nSPS) is 19.9. The minimum atomic E-state index is -0.455. The number of phenols is 1. The molecule has 7 heteroatoms. The van der Waals surface area contributed by atoms with E-state index >= 15 is 0 Å². The number of nitrogens with one attached hydrogen (secondary N) is 1. The van der Waals surface area contributed by atoms with Crippen LogP contribution in [0.4, 0.5) is 10.5 Å². The second-order valence-corrected chi connectivity index (χ2v) is 5.74. The summed E-state index contributed by atoms with van der Waals surface area (Å²) in [5, 5.41) is 11.9. The largest absolute Gasteiger partial charge is 0.506 e. The van der Waals surface area contributed by atoms with E-state index in [1.807, 2.05) is 0 Å². The van der Waals surface area contributed by atoms with Crippen LogP contribution in [-0.4, -0.2) is 23.1 Å². The summed E-state index contributed by atoms with van der Waals surface area (Å²) in [6, 6.07) is 2.58. The Morgan fingerprint density at radius 2 is 1.89 bits per heavy atom. The summed E-state index contributed by atoms with van der Waals surface area (Å²) in [7, 11) is 0. The minimum Gasteiger partial charge on any atom is -0.506 e. The van der Waals surface area contributed by atoms with Crippen LogP contribution >= 0.6 is 31.9 Å². The van der Waals surface area contributed by atoms with Gasteiger partial charge in [-0.05, 0) is 50.9 Å². The molecule has 1 aliphatic rings. The van der Waals surface area contributed by atoms with Crippen LogP contribution in [0.5, 0.6) is 5.75 Å². The molecule has 0 unspecified atom stereocenters. The lowest BCUT2D eigenvalue weighted by atomic mass is 10.1. The Morgan fingerprint density at radius 3 is 2.39 bits per heavy atom. The SMILES string of the molecule is C[C@H]1CC(=O)NC(=O)N1c1cc(Br)c(O)c(Br)c1. The van der Waals surface area contributed by atoms with Gasteiger partial charge in [-0.3, -0.25) is 15.0 Å². The van der Waals surface area contributed by atoms with Gasteiger partial charge in [0.15, 0.2) is 0 Å². The lowest BCUT2D eigenvalue weighted by Crippen LogP contribution is -2.54. The zero-order valence-corrected chi connectivity index (χ0v) is 12.6. The van der Waals surface area contributed by atoms with E-state index in [0.717, 1.165) is 0 Å². The molecule has 96 valence electrons. The Balaban J connectivity index is 2.42. The monoisotopic (exact) mass is 376 g/mol. The van der Waals surface area contributed by atoms with E-state index in [-0.39, 0.29) is 24.1 Å². The fourth-order valence-electron chi connectivity index (χ4n) is 1.85. The molecule has 1 aliphatic heterocycles. The molecule has 0 aliphatic carbocycles. The maximum absolute atomic E-state index is 11.8. The molecule has 1 aromatic carbocycles. The van der Waals surface area contributed by atoms with Gasteiger partial charge in [-0.15, -0.1) is 0 Å². The molecule has 1 atom stereocenters. The van der Waals surface area contributed by atoms with Crippen molar-refractivity contribution in [3.05, 3.63) is 21.1 Å². The van der Waals surface area contributed by atoms with Gasteiger partial charge in [0.2, 0.25) is 5.91 Å². The summed E-state index contributed by atoms with van der Waals surface area (Å²) >= 11 is 6.42. The molecule has 0 saturated carbocycles. The number of anilines is 1. The summed E-state index contributed by atoms with van der Waals surface area (Å²) in [6.45, 7) is 1.80. The average molecular weight is 378 g/mol. The van der Waals surface area contributed by atoms with Crippen LogP contribution in [-0.2, 0) is 4.79 Å². The van der Waals surface area contributed by atoms with Crippen LogP contribution < -0.4 is 10.2 Å². The number of carbonyl (C=O) groups excluding carboxylic acids is 2. The first-order valence-corrected chi connectivity index (χ1v) is 6.80. The van der Waals surface area contributed by atoms with Crippen molar-refractivity contribution < 1.29 is 14.7 Å². The number of amides is 3. The van der Waals surface area contributed by atoms with Gasteiger partial charge in [0, 0.05) is 18.2 Å². The third-order valence-electron chi connectivity index (χ3n) is 2.67. The highest BCUT2D eigenvalue weighted by atomic mass is 79.9. The van der Waals surface area contributed by atoms with E-state index in [9.17, 15) is 14.7 Å². The Bertz CT molecular complexity index is 510. The van der Waals surface area contributed by atoms with Gasteiger partial charge in [0.25, 0.3) is 0 Å². The molecule has 5 nitrogen and oxygen atoms in total. The Kier molecular flexibility index (Phi) is 3.63. The van der Waals surface area contributed by atoms with Crippen molar-refractivity contribution in [1.29, 1.82) is 0 Å². The number of urea groups is 1. The summed E-state index contributed by atoms with van der Waals surface area (Å²) < 4.78 is 0.951. The number of benzene rings is 1. The summed E-state index contributed by atoms with van der Waals surface area (Å²) in [5.41, 5.74) is 0.601. The van der Waals surface area contributed by atoms with Crippen molar-refractivity contribution in [3.63, 3.8) is 0 Å². The van der Waals surface area contributed by atoms with Gasteiger partial charge in [0.1, 0.15) is 5.75 Å². The van der Waals surface area contributed by atoms with Crippen LogP contribution in [0, 0.1) is 0 Å². The van der Waals surface area contributed by atoms with E-state index in [1.165, 1.54) is 4.90 Å². The molecular formula is C11H10Br2N2O3. The van der Waals surface area contributed by atoms with Crippen LogP contribution in [0.1, 0.15) is 13.3 Å². The van der Waals surface area contributed by atoms with Crippen molar-refractivity contribution in [2.24, 2.45) is 0 Å². The highest BCUT2D eigenvalue weighted by molar-refractivity contribution is 9.11. The predicted octanol–water partition coefficient (Wildman–Crippen LogP) is 2.75. The Morgan fingerprint density at radius 1 is 1.33 bits per heavy atom. The minimum absolute atomic E-state index is 0.0693. The summed E-state index contributed by atoms with van der Waals surface area (Å²) in [6.07, 6.45) is 0.252. The molecular weight excluding hydrogens is 368 g/mol. The number of imide groups is 1. The maximum Gasteiger partial charge on any atom is 0.328 e. The molecule has 1 fully saturated rings. The molecule has 2 N–H and O–H groups in total. The fourth-order valence-corrected chi connectivity index (χ4v) is 3.02. The van der Waals surface area contributed by atoms with E-state index in [1.54, 1.807) is 19.1 Å². The maximum atomic E-state index is 11.8. The molecule has 0 bridgehead atoms. The molecule has 1 saturated heterocycles. The number of phenolic OH excluding ortho intramolecular Hbond substituents is 1. The molecule has 18 heavy (non-hydrogen) atoms. The third kappa shape index (κ3) is 2.37. The number of halogens is 2. The number of aromatic hydroxyl groups is 1. The van der Waals surface area contributed by atoms with Gasteiger partial charge in [-0.2, -0.15) is 0 Å². The second-order valence-electron chi connectivity index (χ2n) is 4.03. The van der Waals surface area contributed by atoms with Crippen LogP contribution in [0.3, 0.4) is 0 Å². The van der Waals surface area contributed by atoms with E-state index in [0.29, 0.717) is 14.6 Å². The summed E-state index contributed by atoms with van der Waals surface area (Å²) in [5.74, 6) is -0.208. The number of carbonyl (C=O) groups is 2. The smallest absolute Gasteiger partial charge is 0.328 e. The molecule has 0 radical (unpaired) electrons. The van der Waals surface area contributed by atoms with Gasteiger partial charge in [-0.25, -0.2) is 4.79 Å². The third-order valence-corrected chi connectivity index (χ3v) is 3.88. The average Bonchev–Trinajstić information content (AvgIpc) is 2.24. The zero-order chi connectivity index (χ0) is 13.4. The van der Waals surface area contributed by atoms with Crippen molar-refractivity contribution >= 4 is 49.5 Å². The molecule has 0 spiro atoms. The van der Waals surface area contributed by atoms with Crippen LogP contribution in [0.15, 0.2) is 21.1 Å². The van der Waals surface area contributed by atoms with Gasteiger partial charge < -0.3 is 5.11 Å². The van der Waals surface area contributed by atoms with Crippen molar-refractivity contribution in [1.82, 2.24) is 5.32 Å².